The molecule has 0 radical (unpaired) electrons. The molecule has 0 heterocycles. The summed E-state index contributed by atoms with van der Waals surface area (Å²) in [4.78, 5) is 0. The largest absolute Gasteiger partial charge is 0.497 e. The van der Waals surface area contributed by atoms with Crippen LogP contribution in [0.25, 0.3) is 0 Å². The molecule has 2 rings (SSSR count). The van der Waals surface area contributed by atoms with Crippen molar-refractivity contribution in [3.8, 4) is 5.75 Å². The lowest BCUT2D eigenvalue weighted by molar-refractivity contribution is 0.412. The molecule has 0 bridgehead atoms. The predicted molar refractivity (Wildman–Crippen MR) is 75.7 cm³/mol. The monoisotopic (exact) mass is 244 g/mol. The van der Waals surface area contributed by atoms with Crippen LogP contribution in [-0.4, -0.2) is 13.7 Å². The summed E-state index contributed by atoms with van der Waals surface area (Å²) >= 11 is 0. The number of hydrogen-bond acceptors (Lipinski definition) is 3. The molecular weight excluding hydrogens is 224 g/mol. The molecule has 0 amide bonds. The van der Waals surface area contributed by atoms with Gasteiger partial charge in [0.1, 0.15) is 5.75 Å². The van der Waals surface area contributed by atoms with Crippen LogP contribution in [0.5, 0.6) is 5.75 Å². The summed E-state index contributed by atoms with van der Waals surface area (Å²) in [7, 11) is 1.66. The molecule has 4 N–H and O–H groups in total. The number of methoxy groups -OCH3 is 1. The maximum Gasteiger partial charge on any atom is 0.119 e. The molecule has 3 nitrogen and oxygen atoms in total. The van der Waals surface area contributed by atoms with E-state index in [2.05, 4.69) is 25.2 Å². The second kappa shape index (κ2) is 4.86. The molecule has 18 heavy (non-hydrogen) atoms. The molecule has 0 saturated heterocycles. The summed E-state index contributed by atoms with van der Waals surface area (Å²) in [6.07, 6.45) is 7.34. The number of nitrogens with two attached hydrogens (primary N) is 2. The van der Waals surface area contributed by atoms with Crippen LogP contribution in [0.15, 0.2) is 42.0 Å². The van der Waals surface area contributed by atoms with Gasteiger partial charge in [0.2, 0.25) is 0 Å². The van der Waals surface area contributed by atoms with Crippen molar-refractivity contribution in [1.29, 1.82) is 0 Å². The van der Waals surface area contributed by atoms with Crippen LogP contribution in [-0.2, 0) is 5.41 Å². The third-order valence-electron chi connectivity index (χ3n) is 3.61. The molecule has 1 atom stereocenters. The van der Waals surface area contributed by atoms with Crippen LogP contribution >= 0.6 is 0 Å². The Hall–Kier alpha value is -1.74. The second-order valence-corrected chi connectivity index (χ2v) is 4.80. The van der Waals surface area contributed by atoms with E-state index in [4.69, 9.17) is 16.2 Å². The van der Waals surface area contributed by atoms with E-state index in [0.717, 1.165) is 23.4 Å². The Balaban J connectivity index is 2.48. The van der Waals surface area contributed by atoms with Crippen LogP contribution in [0.1, 0.15) is 18.9 Å². The Morgan fingerprint density at radius 2 is 2.17 bits per heavy atom. The first-order chi connectivity index (χ1) is 8.61. The Morgan fingerprint density at radius 1 is 1.39 bits per heavy atom. The summed E-state index contributed by atoms with van der Waals surface area (Å²) in [5.74, 6) is 0.812. The van der Waals surface area contributed by atoms with Crippen LogP contribution < -0.4 is 16.2 Å². The van der Waals surface area contributed by atoms with Gasteiger partial charge in [-0.15, -0.1) is 0 Å². The molecule has 0 fully saturated rings. The Bertz CT molecular complexity index is 505. The Kier molecular flexibility index (Phi) is 3.43. The molecular formula is C15H20N2O. The van der Waals surface area contributed by atoms with Crippen molar-refractivity contribution in [3.05, 3.63) is 47.6 Å². The Labute approximate surface area is 108 Å². The molecule has 1 aliphatic rings. The van der Waals surface area contributed by atoms with E-state index in [1.807, 2.05) is 18.2 Å². The average Bonchev–Trinajstić information content (AvgIpc) is 2.41. The van der Waals surface area contributed by atoms with Crippen molar-refractivity contribution in [2.45, 2.75) is 18.8 Å². The minimum Gasteiger partial charge on any atom is -0.497 e. The zero-order valence-electron chi connectivity index (χ0n) is 10.9. The maximum atomic E-state index is 6.10. The minimum absolute atomic E-state index is 0.210. The first kappa shape index (κ1) is 12.7. The normalized spacial score (nSPS) is 22.7. The molecule has 96 valence electrons. The van der Waals surface area contributed by atoms with Gasteiger partial charge >= 0.3 is 0 Å². The molecule has 1 aromatic carbocycles. The van der Waals surface area contributed by atoms with Gasteiger partial charge in [-0.1, -0.05) is 23.8 Å². The van der Waals surface area contributed by atoms with Gasteiger partial charge in [-0.2, -0.15) is 0 Å². The number of hydrogen-bond donors (Lipinski definition) is 2. The maximum absolute atomic E-state index is 6.10. The summed E-state index contributed by atoms with van der Waals surface area (Å²) < 4.78 is 5.28. The van der Waals surface area contributed by atoms with Gasteiger partial charge in [0.15, 0.2) is 0 Å². The Morgan fingerprint density at radius 3 is 2.72 bits per heavy atom. The molecule has 3 heteroatoms. The molecule has 0 aromatic heterocycles. The molecule has 0 aliphatic heterocycles. The molecule has 1 aromatic rings. The highest BCUT2D eigenvalue weighted by molar-refractivity contribution is 5.57. The van der Waals surface area contributed by atoms with Crippen LogP contribution in [0.4, 0.5) is 5.69 Å². The smallest absolute Gasteiger partial charge is 0.119 e. The number of nitrogen functional groups attached to an aromatic ring is 1. The van der Waals surface area contributed by atoms with Gasteiger partial charge in [0, 0.05) is 17.6 Å². The zero-order chi connectivity index (χ0) is 13.2. The number of ether oxygens (including phenoxy) is 1. The van der Waals surface area contributed by atoms with E-state index in [1.54, 1.807) is 7.11 Å². The highest BCUT2D eigenvalue weighted by Crippen LogP contribution is 2.38. The molecule has 1 unspecified atom stereocenters. The average molecular weight is 244 g/mol. The third-order valence-corrected chi connectivity index (χ3v) is 3.61. The zero-order valence-corrected chi connectivity index (χ0v) is 10.9. The fourth-order valence-electron chi connectivity index (χ4n) is 2.32. The van der Waals surface area contributed by atoms with Gasteiger partial charge in [0.25, 0.3) is 0 Å². The van der Waals surface area contributed by atoms with Crippen molar-refractivity contribution in [2.24, 2.45) is 5.73 Å². The highest BCUT2D eigenvalue weighted by Gasteiger charge is 2.30. The fourth-order valence-corrected chi connectivity index (χ4v) is 2.32. The standard InChI is InChI=1S/C15H20N2O/c1-11-5-7-15(10-16,8-6-11)13-9-12(18-2)3-4-14(13)17/h3-7,9H,8,10,16-17H2,1-2H3. The first-order valence-electron chi connectivity index (χ1n) is 6.11. The van der Waals surface area contributed by atoms with E-state index >= 15 is 0 Å². The molecule has 1 aliphatic carbocycles. The topological polar surface area (TPSA) is 61.3 Å². The lowest BCUT2D eigenvalue weighted by Crippen LogP contribution is -2.34. The van der Waals surface area contributed by atoms with E-state index in [-0.39, 0.29) is 5.41 Å². The van der Waals surface area contributed by atoms with Crippen molar-refractivity contribution in [1.82, 2.24) is 0 Å². The van der Waals surface area contributed by atoms with E-state index < -0.39 is 0 Å². The number of benzene rings is 1. The highest BCUT2D eigenvalue weighted by atomic mass is 16.5. The quantitative estimate of drug-likeness (QED) is 0.802. The van der Waals surface area contributed by atoms with Gasteiger partial charge < -0.3 is 16.2 Å². The number of anilines is 1. The summed E-state index contributed by atoms with van der Waals surface area (Å²) in [6.45, 7) is 2.62. The SMILES string of the molecule is COc1ccc(N)c(C2(CN)C=CC(C)=CC2)c1. The van der Waals surface area contributed by atoms with Crippen LogP contribution in [0.3, 0.4) is 0 Å². The number of allylic oxidation sites excluding steroid dienone is 3. The second-order valence-electron chi connectivity index (χ2n) is 4.80. The number of rotatable bonds is 3. The van der Waals surface area contributed by atoms with Gasteiger partial charge in [-0.3, -0.25) is 0 Å². The van der Waals surface area contributed by atoms with Crippen molar-refractivity contribution < 1.29 is 4.74 Å². The summed E-state index contributed by atoms with van der Waals surface area (Å²) in [5, 5.41) is 0. The van der Waals surface area contributed by atoms with Crippen molar-refractivity contribution >= 4 is 5.69 Å². The van der Waals surface area contributed by atoms with Crippen molar-refractivity contribution in [2.75, 3.05) is 19.4 Å². The van der Waals surface area contributed by atoms with Gasteiger partial charge in [-0.05, 0) is 37.1 Å². The molecule has 0 spiro atoms. The summed E-state index contributed by atoms with van der Waals surface area (Å²) in [5.41, 5.74) is 15.0. The van der Waals surface area contributed by atoms with E-state index in [9.17, 15) is 0 Å². The minimum atomic E-state index is -0.210. The van der Waals surface area contributed by atoms with Gasteiger partial charge in [0.05, 0.1) is 7.11 Å². The van der Waals surface area contributed by atoms with E-state index in [1.165, 1.54) is 5.57 Å². The third kappa shape index (κ3) is 2.14. The van der Waals surface area contributed by atoms with Crippen LogP contribution in [0, 0.1) is 0 Å². The summed E-state index contributed by atoms with van der Waals surface area (Å²) in [6, 6.07) is 5.74. The lowest BCUT2D eigenvalue weighted by Gasteiger charge is -2.32. The fraction of sp³-hybridized carbons (Fsp3) is 0.333. The van der Waals surface area contributed by atoms with Crippen molar-refractivity contribution in [3.63, 3.8) is 0 Å². The predicted octanol–water partition coefficient (Wildman–Crippen LogP) is 2.38. The van der Waals surface area contributed by atoms with Crippen LogP contribution in [0.2, 0.25) is 0 Å². The lowest BCUT2D eigenvalue weighted by atomic mass is 9.74. The van der Waals surface area contributed by atoms with E-state index in [0.29, 0.717) is 6.54 Å². The first-order valence-corrected chi connectivity index (χ1v) is 6.11. The van der Waals surface area contributed by atoms with Gasteiger partial charge in [-0.25, -0.2) is 0 Å². The molecule has 0 saturated carbocycles.